The predicted molar refractivity (Wildman–Crippen MR) is 44.0 cm³/mol. The van der Waals surface area contributed by atoms with Crippen LogP contribution < -0.4 is 0 Å². The molecule has 0 amide bonds. The molecule has 0 aliphatic heterocycles. The average Bonchev–Trinajstić information content (AvgIpc) is 1.98. The molecule has 0 saturated carbocycles. The van der Waals surface area contributed by atoms with E-state index >= 15 is 0 Å². The number of rotatable bonds is 5. The highest BCUT2D eigenvalue weighted by molar-refractivity contribution is 5.81. The van der Waals surface area contributed by atoms with Crippen LogP contribution >= 0.6 is 0 Å². The quantitative estimate of drug-likeness (QED) is 0.466. The maximum Gasteiger partial charge on any atom is 0.330 e. The molecule has 0 aromatic heterocycles. The van der Waals surface area contributed by atoms with Crippen LogP contribution in [0, 0.1) is 0 Å². The van der Waals surface area contributed by atoms with E-state index in [2.05, 4.69) is 11.3 Å². The van der Waals surface area contributed by atoms with Crippen molar-refractivity contribution in [1.29, 1.82) is 0 Å². The Balaban J connectivity index is 3.95. The van der Waals surface area contributed by atoms with Crippen molar-refractivity contribution in [2.24, 2.45) is 0 Å². The Morgan fingerprint density at radius 2 is 2.15 bits per heavy atom. The molecule has 5 heteroatoms. The largest absolute Gasteiger partial charge is 0.481 e. The van der Waals surface area contributed by atoms with E-state index in [1.165, 1.54) is 6.92 Å². The summed E-state index contributed by atoms with van der Waals surface area (Å²) in [7, 11) is 0. The number of aliphatic hydroxyl groups is 1. The summed E-state index contributed by atoms with van der Waals surface area (Å²) in [5, 5.41) is 17.7. The van der Waals surface area contributed by atoms with Crippen LogP contribution in [0.1, 0.15) is 13.3 Å². The normalized spacial score (nSPS) is 14.3. The molecule has 2 N–H and O–H groups in total. The first-order chi connectivity index (χ1) is 5.87. The molecule has 1 unspecified atom stereocenters. The van der Waals surface area contributed by atoms with E-state index in [1.54, 1.807) is 0 Å². The lowest BCUT2D eigenvalue weighted by Crippen LogP contribution is -2.34. The summed E-state index contributed by atoms with van der Waals surface area (Å²) in [6.45, 7) is 4.07. The van der Waals surface area contributed by atoms with E-state index in [9.17, 15) is 14.7 Å². The molecule has 0 rings (SSSR count). The predicted octanol–water partition coefficient (Wildman–Crippen LogP) is -0.0587. The van der Waals surface area contributed by atoms with Crippen molar-refractivity contribution in [3.05, 3.63) is 12.7 Å². The van der Waals surface area contributed by atoms with Crippen molar-refractivity contribution in [3.8, 4) is 0 Å². The van der Waals surface area contributed by atoms with E-state index in [0.29, 0.717) is 0 Å². The monoisotopic (exact) mass is 188 g/mol. The van der Waals surface area contributed by atoms with Crippen LogP contribution in [-0.2, 0) is 14.3 Å². The van der Waals surface area contributed by atoms with Crippen molar-refractivity contribution in [1.82, 2.24) is 0 Å². The number of carbonyl (C=O) groups is 2. The highest BCUT2D eigenvalue weighted by Crippen LogP contribution is 2.09. The van der Waals surface area contributed by atoms with Crippen LogP contribution in [0.15, 0.2) is 12.7 Å². The fourth-order valence-corrected chi connectivity index (χ4v) is 0.662. The van der Waals surface area contributed by atoms with Crippen LogP contribution in [0.5, 0.6) is 0 Å². The zero-order valence-electron chi connectivity index (χ0n) is 7.32. The molecule has 13 heavy (non-hydrogen) atoms. The van der Waals surface area contributed by atoms with Crippen LogP contribution in [0.25, 0.3) is 0 Å². The Bertz CT molecular complexity index is 219. The summed E-state index contributed by atoms with van der Waals surface area (Å²) in [6, 6.07) is 0. The van der Waals surface area contributed by atoms with Gasteiger partial charge in [-0.2, -0.15) is 0 Å². The van der Waals surface area contributed by atoms with Crippen LogP contribution in [0.4, 0.5) is 0 Å². The summed E-state index contributed by atoms with van der Waals surface area (Å²) in [5.41, 5.74) is -1.54. The Kier molecular flexibility index (Phi) is 4.13. The third-order valence-corrected chi connectivity index (χ3v) is 1.22. The minimum atomic E-state index is -1.54. The number of carboxylic acid groups (broad SMARTS) is 1. The molecule has 0 aliphatic carbocycles. The van der Waals surface area contributed by atoms with E-state index < -0.39 is 24.0 Å². The smallest absolute Gasteiger partial charge is 0.330 e. The molecule has 0 aliphatic rings. The lowest BCUT2D eigenvalue weighted by atomic mass is 10.0. The second-order valence-corrected chi connectivity index (χ2v) is 2.88. The highest BCUT2D eigenvalue weighted by Gasteiger charge is 2.25. The fourth-order valence-electron chi connectivity index (χ4n) is 0.662. The third-order valence-electron chi connectivity index (χ3n) is 1.22. The van der Waals surface area contributed by atoms with E-state index in [4.69, 9.17) is 5.11 Å². The zero-order chi connectivity index (χ0) is 10.5. The summed E-state index contributed by atoms with van der Waals surface area (Å²) in [5.74, 6) is -1.84. The van der Waals surface area contributed by atoms with Gasteiger partial charge in [0.2, 0.25) is 0 Å². The molecule has 0 spiro atoms. The van der Waals surface area contributed by atoms with Gasteiger partial charge >= 0.3 is 11.9 Å². The molecule has 0 radical (unpaired) electrons. The van der Waals surface area contributed by atoms with Crippen molar-refractivity contribution in [3.63, 3.8) is 0 Å². The number of ether oxygens (including phenoxy) is 1. The summed E-state index contributed by atoms with van der Waals surface area (Å²) in [4.78, 5) is 20.8. The Morgan fingerprint density at radius 3 is 2.54 bits per heavy atom. The zero-order valence-corrected chi connectivity index (χ0v) is 7.32. The van der Waals surface area contributed by atoms with E-state index in [0.717, 1.165) is 6.08 Å². The molecule has 0 saturated heterocycles. The van der Waals surface area contributed by atoms with Gasteiger partial charge in [0.25, 0.3) is 0 Å². The van der Waals surface area contributed by atoms with E-state index in [-0.39, 0.29) is 6.61 Å². The van der Waals surface area contributed by atoms with Gasteiger partial charge in [-0.3, -0.25) is 4.79 Å². The molecule has 5 nitrogen and oxygen atoms in total. The van der Waals surface area contributed by atoms with Gasteiger partial charge < -0.3 is 14.9 Å². The van der Waals surface area contributed by atoms with Gasteiger partial charge in [-0.05, 0) is 6.92 Å². The summed E-state index contributed by atoms with van der Waals surface area (Å²) < 4.78 is 4.49. The first-order valence-corrected chi connectivity index (χ1v) is 3.61. The minimum Gasteiger partial charge on any atom is -0.481 e. The van der Waals surface area contributed by atoms with Crippen molar-refractivity contribution in [2.45, 2.75) is 18.9 Å². The second kappa shape index (κ2) is 4.61. The van der Waals surface area contributed by atoms with Crippen molar-refractivity contribution < 1.29 is 24.5 Å². The molecule has 0 fully saturated rings. The number of aliphatic carboxylic acids is 1. The molecule has 0 aromatic rings. The lowest BCUT2D eigenvalue weighted by Gasteiger charge is -2.19. The van der Waals surface area contributed by atoms with Crippen molar-refractivity contribution in [2.75, 3.05) is 6.61 Å². The number of hydrogen-bond donors (Lipinski definition) is 2. The Labute approximate surface area is 75.6 Å². The van der Waals surface area contributed by atoms with Crippen LogP contribution in [0.3, 0.4) is 0 Å². The lowest BCUT2D eigenvalue weighted by molar-refractivity contribution is -0.152. The standard InChI is InChI=1S/C8H12O5/c1-3-7(11)13-5-8(2,12)4-6(9)10/h3,12H,1,4-5H2,2H3,(H,9,10). The summed E-state index contributed by atoms with van der Waals surface area (Å²) >= 11 is 0. The average molecular weight is 188 g/mol. The van der Waals surface area contributed by atoms with Crippen LogP contribution in [-0.4, -0.2) is 34.4 Å². The maximum absolute atomic E-state index is 10.5. The first kappa shape index (κ1) is 11.6. The molecule has 74 valence electrons. The third kappa shape index (κ3) is 5.86. The van der Waals surface area contributed by atoms with Gasteiger partial charge in [0.05, 0.1) is 6.42 Å². The minimum absolute atomic E-state index is 0.357. The highest BCUT2D eigenvalue weighted by atomic mass is 16.5. The maximum atomic E-state index is 10.5. The first-order valence-electron chi connectivity index (χ1n) is 3.61. The van der Waals surface area contributed by atoms with Crippen molar-refractivity contribution >= 4 is 11.9 Å². The number of esters is 1. The van der Waals surface area contributed by atoms with E-state index in [1.807, 2.05) is 0 Å². The SMILES string of the molecule is C=CC(=O)OCC(C)(O)CC(=O)O. The Hall–Kier alpha value is -1.36. The molecule has 1 atom stereocenters. The van der Waals surface area contributed by atoms with Gasteiger partial charge in [-0.15, -0.1) is 0 Å². The topological polar surface area (TPSA) is 83.8 Å². The van der Waals surface area contributed by atoms with Gasteiger partial charge in [-0.1, -0.05) is 6.58 Å². The molecule has 0 bridgehead atoms. The van der Waals surface area contributed by atoms with Crippen LogP contribution in [0.2, 0.25) is 0 Å². The molecular formula is C8H12O5. The molecular weight excluding hydrogens is 176 g/mol. The summed E-state index contributed by atoms with van der Waals surface area (Å²) in [6.07, 6.45) is 0.467. The Morgan fingerprint density at radius 1 is 1.62 bits per heavy atom. The number of carboxylic acids is 1. The number of hydrogen-bond acceptors (Lipinski definition) is 4. The van der Waals surface area contributed by atoms with Gasteiger partial charge in [0.1, 0.15) is 12.2 Å². The van der Waals surface area contributed by atoms with Gasteiger partial charge in [0.15, 0.2) is 0 Å². The van der Waals surface area contributed by atoms with Gasteiger partial charge in [-0.25, -0.2) is 4.79 Å². The molecule has 0 aromatic carbocycles. The van der Waals surface area contributed by atoms with Gasteiger partial charge in [0, 0.05) is 6.08 Å². The number of carbonyl (C=O) groups excluding carboxylic acids is 1. The second-order valence-electron chi connectivity index (χ2n) is 2.88. The fraction of sp³-hybridized carbons (Fsp3) is 0.500. The molecule has 0 heterocycles.